The van der Waals surface area contributed by atoms with Gasteiger partial charge in [0, 0.05) is 36.9 Å². The SMILES string of the molecule is c1ccc(-c2ccc(-c3nc(-c4ccc(-c5cccc6sc7ccccc7c56)cc4)nc(-c4cccc5c4-c4ccccc4C54c5ccccc5-c5ccccc54)n3)cc2)cc1. The van der Waals surface area contributed by atoms with Crippen LogP contribution in [0.5, 0.6) is 0 Å². The first-order valence-corrected chi connectivity index (χ1v) is 21.9. The molecule has 0 amide bonds. The molecule has 62 heavy (non-hydrogen) atoms. The zero-order valence-electron chi connectivity index (χ0n) is 33.5. The highest BCUT2D eigenvalue weighted by molar-refractivity contribution is 7.25. The normalized spacial score (nSPS) is 13.0. The van der Waals surface area contributed by atoms with Gasteiger partial charge in [-0.3, -0.25) is 0 Å². The van der Waals surface area contributed by atoms with Gasteiger partial charge in [0.15, 0.2) is 17.5 Å². The summed E-state index contributed by atoms with van der Waals surface area (Å²) in [6.07, 6.45) is 0. The lowest BCUT2D eigenvalue weighted by Crippen LogP contribution is -2.25. The third-order valence-electron chi connectivity index (χ3n) is 13.0. The van der Waals surface area contributed by atoms with Crippen molar-refractivity contribution in [3.05, 3.63) is 235 Å². The number of fused-ring (bicyclic) bond motifs is 13. The van der Waals surface area contributed by atoms with Crippen LogP contribution in [0.3, 0.4) is 0 Å². The lowest BCUT2D eigenvalue weighted by Gasteiger charge is -2.30. The van der Waals surface area contributed by atoms with Crippen molar-refractivity contribution >= 4 is 31.5 Å². The van der Waals surface area contributed by atoms with Gasteiger partial charge in [0.25, 0.3) is 0 Å². The molecule has 0 aliphatic heterocycles. The van der Waals surface area contributed by atoms with Crippen LogP contribution in [-0.2, 0) is 5.41 Å². The summed E-state index contributed by atoms with van der Waals surface area (Å²) in [5.74, 6) is 1.93. The summed E-state index contributed by atoms with van der Waals surface area (Å²) in [4.78, 5) is 16.0. The average Bonchev–Trinajstić information content (AvgIpc) is 3.99. The van der Waals surface area contributed by atoms with Gasteiger partial charge in [-0.1, -0.05) is 200 Å². The summed E-state index contributed by atoms with van der Waals surface area (Å²) in [7, 11) is 0. The molecule has 2 aromatic heterocycles. The fraction of sp³-hybridized carbons (Fsp3) is 0.0172. The van der Waals surface area contributed by atoms with E-state index < -0.39 is 5.41 Å². The third kappa shape index (κ3) is 5.08. The third-order valence-corrected chi connectivity index (χ3v) is 14.1. The Labute approximate surface area is 363 Å². The second-order valence-electron chi connectivity index (χ2n) is 16.2. The molecule has 9 aromatic carbocycles. The van der Waals surface area contributed by atoms with E-state index >= 15 is 0 Å². The number of hydrogen-bond acceptors (Lipinski definition) is 4. The predicted molar refractivity (Wildman–Crippen MR) is 256 cm³/mol. The fourth-order valence-corrected chi connectivity index (χ4v) is 11.5. The first-order valence-electron chi connectivity index (χ1n) is 21.1. The van der Waals surface area contributed by atoms with Crippen LogP contribution in [0.2, 0.25) is 0 Å². The molecule has 0 saturated heterocycles. The van der Waals surface area contributed by atoms with Crippen molar-refractivity contribution in [3.63, 3.8) is 0 Å². The molecule has 3 nitrogen and oxygen atoms in total. The first-order chi connectivity index (χ1) is 30.7. The van der Waals surface area contributed by atoms with E-state index in [0.717, 1.165) is 27.8 Å². The van der Waals surface area contributed by atoms with Crippen LogP contribution in [0.15, 0.2) is 212 Å². The molecule has 0 saturated carbocycles. The molecule has 2 aliphatic rings. The minimum Gasteiger partial charge on any atom is -0.208 e. The van der Waals surface area contributed by atoms with Crippen molar-refractivity contribution in [3.8, 4) is 78.7 Å². The molecule has 0 bridgehead atoms. The van der Waals surface area contributed by atoms with E-state index in [4.69, 9.17) is 15.0 Å². The molecule has 13 rings (SSSR count). The van der Waals surface area contributed by atoms with Crippen LogP contribution in [0, 0.1) is 0 Å². The standard InChI is InChI=1S/C58H35N3S/c1-2-14-36(15-3-1)37-28-32-39(33-29-37)55-59-56(40-34-30-38(31-35-40)41-20-13-27-52-54(41)45-19-7-11-26-51(45)62-52)61-57(60-55)46-21-12-25-50-53(46)44-18-6-10-24-49(44)58(50)47-22-8-4-16-42(47)43-17-5-9-23-48(43)58/h1-35H. The van der Waals surface area contributed by atoms with Crippen molar-refractivity contribution in [2.45, 2.75) is 5.41 Å². The van der Waals surface area contributed by atoms with E-state index in [1.165, 1.54) is 75.8 Å². The van der Waals surface area contributed by atoms with Crippen LogP contribution in [0.25, 0.3) is 98.8 Å². The van der Waals surface area contributed by atoms with Crippen LogP contribution in [0.4, 0.5) is 0 Å². The van der Waals surface area contributed by atoms with E-state index in [1.54, 1.807) is 0 Å². The summed E-state index contributed by atoms with van der Waals surface area (Å²) in [5.41, 5.74) is 17.2. The van der Waals surface area contributed by atoms with Crippen molar-refractivity contribution in [1.29, 1.82) is 0 Å². The van der Waals surface area contributed by atoms with Crippen molar-refractivity contribution in [2.75, 3.05) is 0 Å². The molecule has 0 unspecified atom stereocenters. The highest BCUT2D eigenvalue weighted by Gasteiger charge is 2.52. The van der Waals surface area contributed by atoms with Crippen LogP contribution in [0.1, 0.15) is 22.3 Å². The fourth-order valence-electron chi connectivity index (χ4n) is 10.3. The Kier molecular flexibility index (Phi) is 7.69. The summed E-state index contributed by atoms with van der Waals surface area (Å²) < 4.78 is 2.59. The van der Waals surface area contributed by atoms with Crippen molar-refractivity contribution in [1.82, 2.24) is 15.0 Å². The van der Waals surface area contributed by atoms with E-state index in [2.05, 4.69) is 206 Å². The Hall–Kier alpha value is -7.79. The maximum absolute atomic E-state index is 5.38. The molecule has 11 aromatic rings. The molecule has 2 aliphatic carbocycles. The molecule has 2 heterocycles. The van der Waals surface area contributed by atoms with Gasteiger partial charge in [0.05, 0.1) is 5.41 Å². The summed E-state index contributed by atoms with van der Waals surface area (Å²) in [6.45, 7) is 0. The number of thiophene rings is 1. The number of aromatic nitrogens is 3. The minimum atomic E-state index is -0.465. The Morgan fingerprint density at radius 3 is 1.44 bits per heavy atom. The van der Waals surface area contributed by atoms with Crippen molar-refractivity contribution in [2.24, 2.45) is 0 Å². The molecule has 0 fully saturated rings. The van der Waals surface area contributed by atoms with Gasteiger partial charge in [-0.2, -0.15) is 0 Å². The second-order valence-corrected chi connectivity index (χ2v) is 17.3. The van der Waals surface area contributed by atoms with Gasteiger partial charge in [-0.25, -0.2) is 15.0 Å². The van der Waals surface area contributed by atoms with Gasteiger partial charge in [0.1, 0.15) is 0 Å². The highest BCUT2D eigenvalue weighted by Crippen LogP contribution is 2.63. The minimum absolute atomic E-state index is 0.465. The van der Waals surface area contributed by atoms with Crippen LogP contribution in [-0.4, -0.2) is 15.0 Å². The molecule has 1 spiro atoms. The average molecular weight is 806 g/mol. The smallest absolute Gasteiger partial charge is 0.164 e. The molecule has 4 heteroatoms. The lowest BCUT2D eigenvalue weighted by molar-refractivity contribution is 0.794. The Morgan fingerprint density at radius 1 is 0.290 bits per heavy atom. The summed E-state index contributed by atoms with van der Waals surface area (Å²) in [5, 5.41) is 2.59. The van der Waals surface area contributed by atoms with Gasteiger partial charge >= 0.3 is 0 Å². The predicted octanol–water partition coefficient (Wildman–Crippen LogP) is 14.9. The number of nitrogens with zero attached hydrogens (tertiary/aromatic N) is 3. The maximum Gasteiger partial charge on any atom is 0.164 e. The monoisotopic (exact) mass is 805 g/mol. The molecule has 0 radical (unpaired) electrons. The van der Waals surface area contributed by atoms with E-state index in [0.29, 0.717) is 17.5 Å². The van der Waals surface area contributed by atoms with E-state index in [9.17, 15) is 0 Å². The first kappa shape index (κ1) is 35.0. The Balaban J connectivity index is 1.00. The molecular weight excluding hydrogens is 771 g/mol. The van der Waals surface area contributed by atoms with Crippen LogP contribution >= 0.6 is 11.3 Å². The zero-order chi connectivity index (χ0) is 40.8. The summed E-state index contributed by atoms with van der Waals surface area (Å²) in [6, 6.07) is 76.6. The van der Waals surface area contributed by atoms with E-state index in [1.807, 2.05) is 17.4 Å². The van der Waals surface area contributed by atoms with Crippen molar-refractivity contribution < 1.29 is 0 Å². The molecule has 288 valence electrons. The zero-order valence-corrected chi connectivity index (χ0v) is 34.3. The number of benzene rings is 9. The van der Waals surface area contributed by atoms with E-state index in [-0.39, 0.29) is 0 Å². The Morgan fingerprint density at radius 2 is 0.742 bits per heavy atom. The van der Waals surface area contributed by atoms with Gasteiger partial charge in [-0.15, -0.1) is 11.3 Å². The number of hydrogen-bond donors (Lipinski definition) is 0. The lowest BCUT2D eigenvalue weighted by atomic mass is 9.70. The summed E-state index contributed by atoms with van der Waals surface area (Å²) >= 11 is 1.85. The molecular formula is C58H35N3S. The number of rotatable bonds is 5. The maximum atomic E-state index is 5.38. The molecule has 0 N–H and O–H groups in total. The molecule has 0 atom stereocenters. The quantitative estimate of drug-likeness (QED) is 0.174. The highest BCUT2D eigenvalue weighted by atomic mass is 32.1. The largest absolute Gasteiger partial charge is 0.208 e. The van der Waals surface area contributed by atoms with Gasteiger partial charge in [-0.05, 0) is 78.9 Å². The van der Waals surface area contributed by atoms with Gasteiger partial charge < -0.3 is 0 Å². The second kappa shape index (κ2) is 13.6. The Bertz CT molecular complexity index is 3520. The van der Waals surface area contributed by atoms with Gasteiger partial charge in [0.2, 0.25) is 0 Å². The van der Waals surface area contributed by atoms with Crippen LogP contribution < -0.4 is 0 Å². The topological polar surface area (TPSA) is 38.7 Å².